The number of hydrogen-bond acceptors (Lipinski definition) is 3. The average Bonchev–Trinajstić information content (AvgIpc) is 2.84. The zero-order valence-corrected chi connectivity index (χ0v) is 18.7. The number of nitrogens with one attached hydrogen (secondary N) is 2. The van der Waals surface area contributed by atoms with Crippen molar-refractivity contribution in [2.24, 2.45) is 0 Å². The highest BCUT2D eigenvalue weighted by molar-refractivity contribution is 5.92. The molecule has 4 rings (SSSR count). The predicted octanol–water partition coefficient (Wildman–Crippen LogP) is 3.48. The van der Waals surface area contributed by atoms with E-state index < -0.39 is 0 Å². The Kier molecular flexibility index (Phi) is 7.47. The first-order valence-corrected chi connectivity index (χ1v) is 11.9. The number of rotatable bonds is 7. The van der Waals surface area contributed by atoms with Gasteiger partial charge in [-0.2, -0.15) is 0 Å². The van der Waals surface area contributed by atoms with Crippen molar-refractivity contribution in [2.45, 2.75) is 44.9 Å². The quantitative estimate of drug-likeness (QED) is 0.718. The zero-order chi connectivity index (χ0) is 21.5. The molecule has 31 heavy (non-hydrogen) atoms. The Morgan fingerprint density at radius 1 is 1.00 bits per heavy atom. The van der Waals surface area contributed by atoms with Gasteiger partial charge >= 0.3 is 0 Å². The predicted molar refractivity (Wildman–Crippen MR) is 126 cm³/mol. The molecule has 1 saturated carbocycles. The van der Waals surface area contributed by atoms with Crippen LogP contribution in [-0.4, -0.2) is 45.2 Å². The monoisotopic (exact) mass is 422 g/mol. The molecule has 1 saturated heterocycles. The summed E-state index contributed by atoms with van der Waals surface area (Å²) < 4.78 is 5.70. The van der Waals surface area contributed by atoms with E-state index in [4.69, 9.17) is 4.74 Å². The van der Waals surface area contributed by atoms with E-state index in [9.17, 15) is 4.79 Å². The maximum absolute atomic E-state index is 12.3. The summed E-state index contributed by atoms with van der Waals surface area (Å²) in [5.41, 5.74) is 3.43. The van der Waals surface area contributed by atoms with Crippen LogP contribution >= 0.6 is 0 Å². The molecule has 2 aromatic rings. The maximum Gasteiger partial charge on any atom is 0.262 e. The number of amides is 1. The van der Waals surface area contributed by atoms with Gasteiger partial charge in [0.15, 0.2) is 6.61 Å². The van der Waals surface area contributed by atoms with Crippen molar-refractivity contribution in [3.8, 4) is 5.75 Å². The highest BCUT2D eigenvalue weighted by Gasteiger charge is 2.18. The van der Waals surface area contributed by atoms with Gasteiger partial charge in [-0.15, -0.1) is 0 Å². The Bertz CT molecular complexity index is 821. The molecule has 2 N–H and O–H groups in total. The van der Waals surface area contributed by atoms with E-state index in [2.05, 4.69) is 41.4 Å². The van der Waals surface area contributed by atoms with Gasteiger partial charge in [0.05, 0.1) is 32.7 Å². The molecule has 5 heteroatoms. The van der Waals surface area contributed by atoms with Crippen LogP contribution < -0.4 is 19.9 Å². The van der Waals surface area contributed by atoms with Crippen LogP contribution in [0.3, 0.4) is 0 Å². The second-order valence-electron chi connectivity index (χ2n) is 8.88. The van der Waals surface area contributed by atoms with Crippen molar-refractivity contribution in [2.75, 3.05) is 49.5 Å². The van der Waals surface area contributed by atoms with Gasteiger partial charge in [-0.05, 0) is 67.6 Å². The van der Waals surface area contributed by atoms with Crippen LogP contribution in [0.4, 0.5) is 11.4 Å². The van der Waals surface area contributed by atoms with Crippen molar-refractivity contribution in [3.05, 3.63) is 54.1 Å². The van der Waals surface area contributed by atoms with Crippen LogP contribution in [0.15, 0.2) is 48.5 Å². The van der Waals surface area contributed by atoms with Crippen molar-refractivity contribution in [1.82, 2.24) is 0 Å². The second kappa shape index (κ2) is 10.7. The summed E-state index contributed by atoms with van der Waals surface area (Å²) in [5, 5.41) is 2.94. The lowest BCUT2D eigenvalue weighted by Crippen LogP contribution is -3.14. The molecule has 1 aliphatic heterocycles. The second-order valence-corrected chi connectivity index (χ2v) is 8.88. The summed E-state index contributed by atoms with van der Waals surface area (Å²) in [5.74, 6) is 1.30. The number of likely N-dealkylation sites (N-methyl/N-ethyl adjacent to an activating group) is 1. The molecule has 2 aliphatic rings. The van der Waals surface area contributed by atoms with E-state index in [-0.39, 0.29) is 12.5 Å². The van der Waals surface area contributed by atoms with Crippen LogP contribution in [0.5, 0.6) is 5.75 Å². The number of anilines is 2. The molecule has 0 bridgehead atoms. The van der Waals surface area contributed by atoms with Gasteiger partial charge in [0.25, 0.3) is 5.91 Å². The molecule has 1 aliphatic carbocycles. The fourth-order valence-electron chi connectivity index (χ4n) is 4.81. The third-order valence-corrected chi connectivity index (χ3v) is 6.81. The van der Waals surface area contributed by atoms with Crippen LogP contribution in [-0.2, 0) is 4.79 Å². The number of benzene rings is 2. The molecule has 2 aromatic carbocycles. The molecule has 0 radical (unpaired) electrons. The SMILES string of the molecule is CC[NH+]1CCN(c2ccc(NC(=O)COc3ccc(C4CCCCC4)cc3)cc2)CC1. The lowest BCUT2D eigenvalue weighted by Gasteiger charge is -2.33. The van der Waals surface area contributed by atoms with E-state index in [1.807, 2.05) is 24.3 Å². The van der Waals surface area contributed by atoms with Crippen molar-refractivity contribution in [3.63, 3.8) is 0 Å². The first kappa shape index (κ1) is 21.7. The fraction of sp³-hybridized carbons (Fsp3) is 0.500. The largest absolute Gasteiger partial charge is 0.484 e. The minimum absolute atomic E-state index is 0.0201. The van der Waals surface area contributed by atoms with E-state index in [1.165, 1.54) is 63.0 Å². The van der Waals surface area contributed by atoms with Gasteiger partial charge in [-0.25, -0.2) is 0 Å². The Balaban J connectivity index is 1.22. The number of carbonyl (C=O) groups is 1. The number of ether oxygens (including phenoxy) is 1. The summed E-state index contributed by atoms with van der Waals surface area (Å²) in [4.78, 5) is 16.4. The fourth-order valence-corrected chi connectivity index (χ4v) is 4.81. The summed E-state index contributed by atoms with van der Waals surface area (Å²) in [6.45, 7) is 8.02. The highest BCUT2D eigenvalue weighted by atomic mass is 16.5. The van der Waals surface area contributed by atoms with Gasteiger partial charge in [-0.1, -0.05) is 31.4 Å². The molecule has 5 nitrogen and oxygen atoms in total. The van der Waals surface area contributed by atoms with Crippen LogP contribution in [0, 0.1) is 0 Å². The van der Waals surface area contributed by atoms with Crippen LogP contribution in [0.25, 0.3) is 0 Å². The Labute approximate surface area is 186 Å². The Morgan fingerprint density at radius 2 is 1.68 bits per heavy atom. The molecular weight excluding hydrogens is 386 g/mol. The van der Waals surface area contributed by atoms with Gasteiger partial charge in [0, 0.05) is 11.4 Å². The van der Waals surface area contributed by atoms with Gasteiger partial charge in [0.2, 0.25) is 0 Å². The zero-order valence-electron chi connectivity index (χ0n) is 18.7. The third kappa shape index (κ3) is 6.01. The van der Waals surface area contributed by atoms with Crippen molar-refractivity contribution < 1.29 is 14.4 Å². The summed E-state index contributed by atoms with van der Waals surface area (Å²) in [6, 6.07) is 16.4. The molecule has 166 valence electrons. The van der Waals surface area contributed by atoms with Crippen molar-refractivity contribution in [1.29, 1.82) is 0 Å². The Hall–Kier alpha value is -2.53. The standard InChI is InChI=1S/C26H35N3O2/c1-2-28-16-18-29(19-17-28)24-12-10-23(11-13-24)27-26(30)20-31-25-14-8-22(9-15-25)21-6-4-3-5-7-21/h8-15,21H,2-7,16-20H2,1H3,(H,27,30)/p+1. The molecular formula is C26H36N3O2+. The van der Waals surface area contributed by atoms with E-state index in [1.54, 1.807) is 4.90 Å². The van der Waals surface area contributed by atoms with E-state index >= 15 is 0 Å². The molecule has 0 atom stereocenters. The number of quaternary nitrogens is 1. The molecule has 0 spiro atoms. The molecule has 0 unspecified atom stereocenters. The number of carbonyl (C=O) groups excluding carboxylic acids is 1. The van der Waals surface area contributed by atoms with Gasteiger partial charge < -0.3 is 19.9 Å². The number of nitrogens with zero attached hydrogens (tertiary/aromatic N) is 1. The first-order valence-electron chi connectivity index (χ1n) is 11.9. The topological polar surface area (TPSA) is 46.0 Å². The lowest BCUT2D eigenvalue weighted by molar-refractivity contribution is -0.898. The van der Waals surface area contributed by atoms with E-state index in [0.717, 1.165) is 24.5 Å². The smallest absolute Gasteiger partial charge is 0.262 e. The maximum atomic E-state index is 12.3. The number of piperazine rings is 1. The molecule has 1 heterocycles. The van der Waals surface area contributed by atoms with Crippen molar-refractivity contribution >= 4 is 17.3 Å². The van der Waals surface area contributed by atoms with Gasteiger partial charge in [-0.3, -0.25) is 4.79 Å². The number of hydrogen-bond donors (Lipinski definition) is 2. The van der Waals surface area contributed by atoms with Crippen LogP contribution in [0.1, 0.15) is 50.5 Å². The lowest BCUT2D eigenvalue weighted by atomic mass is 9.84. The van der Waals surface area contributed by atoms with Gasteiger partial charge in [0.1, 0.15) is 5.75 Å². The minimum atomic E-state index is -0.135. The summed E-state index contributed by atoms with van der Waals surface area (Å²) in [6.07, 6.45) is 6.61. The summed E-state index contributed by atoms with van der Waals surface area (Å²) in [7, 11) is 0. The normalized spacial score (nSPS) is 18.0. The Morgan fingerprint density at radius 3 is 2.32 bits per heavy atom. The average molecular weight is 423 g/mol. The molecule has 2 fully saturated rings. The van der Waals surface area contributed by atoms with E-state index in [0.29, 0.717) is 5.92 Å². The molecule has 0 aromatic heterocycles. The third-order valence-electron chi connectivity index (χ3n) is 6.81. The summed E-state index contributed by atoms with van der Waals surface area (Å²) >= 11 is 0. The first-order chi connectivity index (χ1) is 15.2. The molecule has 1 amide bonds. The minimum Gasteiger partial charge on any atom is -0.484 e. The van der Waals surface area contributed by atoms with Crippen LogP contribution in [0.2, 0.25) is 0 Å². The highest BCUT2D eigenvalue weighted by Crippen LogP contribution is 2.33.